The van der Waals surface area contributed by atoms with Crippen LogP contribution in [-0.4, -0.2) is 31.6 Å². The van der Waals surface area contributed by atoms with Crippen molar-refractivity contribution in [1.82, 2.24) is 5.32 Å². The van der Waals surface area contributed by atoms with Crippen molar-refractivity contribution in [1.29, 1.82) is 0 Å². The monoisotopic (exact) mass is 656 g/mol. The van der Waals surface area contributed by atoms with Crippen LogP contribution in [0, 0.1) is 0 Å². The largest absolute Gasteiger partial charge is 0.497 e. The second-order valence-electron chi connectivity index (χ2n) is 9.62. The van der Waals surface area contributed by atoms with Crippen molar-refractivity contribution < 1.29 is 33.3 Å². The third-order valence-electron chi connectivity index (χ3n) is 6.64. The number of halogens is 1. The molecule has 1 aliphatic rings. The molecule has 4 amide bonds. The Hall–Kier alpha value is -5.09. The highest BCUT2D eigenvalue weighted by Gasteiger charge is 2.37. The van der Waals surface area contributed by atoms with E-state index in [1.54, 1.807) is 42.5 Å². The lowest BCUT2D eigenvalue weighted by Crippen LogP contribution is -2.54. The van der Waals surface area contributed by atoms with Crippen LogP contribution in [0.5, 0.6) is 23.0 Å². The number of barbiturate groups is 1. The quantitative estimate of drug-likeness (QED) is 0.142. The van der Waals surface area contributed by atoms with Gasteiger partial charge in [0.1, 0.15) is 30.3 Å². The molecular formula is C34H29BrN2O7. The summed E-state index contributed by atoms with van der Waals surface area (Å²) in [5, 5.41) is 2.24. The maximum Gasteiger partial charge on any atom is 0.335 e. The first kappa shape index (κ1) is 30.4. The summed E-state index contributed by atoms with van der Waals surface area (Å²) in [6.07, 6.45) is 1.41. The van der Waals surface area contributed by atoms with E-state index in [1.165, 1.54) is 13.2 Å². The van der Waals surface area contributed by atoms with Gasteiger partial charge in [-0.3, -0.25) is 14.9 Å². The molecule has 224 valence electrons. The molecule has 0 aromatic heterocycles. The summed E-state index contributed by atoms with van der Waals surface area (Å²) in [5.74, 6) is 0.632. The molecule has 5 rings (SSSR count). The molecule has 1 fully saturated rings. The van der Waals surface area contributed by atoms with E-state index in [0.29, 0.717) is 51.9 Å². The van der Waals surface area contributed by atoms with Gasteiger partial charge in [0, 0.05) is 10.0 Å². The topological polar surface area (TPSA) is 103 Å². The maximum atomic E-state index is 13.4. The van der Waals surface area contributed by atoms with Crippen LogP contribution in [0.25, 0.3) is 6.08 Å². The Labute approximate surface area is 263 Å². The number of hydrogen-bond acceptors (Lipinski definition) is 7. The lowest BCUT2D eigenvalue weighted by atomic mass is 10.1. The van der Waals surface area contributed by atoms with Crippen molar-refractivity contribution in [2.75, 3.05) is 18.6 Å². The van der Waals surface area contributed by atoms with Gasteiger partial charge in [-0.05, 0) is 78.7 Å². The van der Waals surface area contributed by atoms with E-state index in [1.807, 2.05) is 55.5 Å². The van der Waals surface area contributed by atoms with Crippen LogP contribution in [0.4, 0.5) is 10.5 Å². The van der Waals surface area contributed by atoms with Gasteiger partial charge in [-0.15, -0.1) is 0 Å². The second-order valence-corrected chi connectivity index (χ2v) is 10.5. The minimum atomic E-state index is -0.839. The fourth-order valence-electron chi connectivity index (χ4n) is 4.47. The Kier molecular flexibility index (Phi) is 9.61. The summed E-state index contributed by atoms with van der Waals surface area (Å²) in [6, 6.07) is 26.2. The molecule has 0 bridgehead atoms. The van der Waals surface area contributed by atoms with E-state index < -0.39 is 17.8 Å². The summed E-state index contributed by atoms with van der Waals surface area (Å²) in [4.78, 5) is 39.8. The Morgan fingerprint density at radius 2 is 1.48 bits per heavy atom. The third-order valence-corrected chi connectivity index (χ3v) is 7.14. The van der Waals surface area contributed by atoms with E-state index in [2.05, 4.69) is 21.2 Å². The molecule has 44 heavy (non-hydrogen) atoms. The van der Waals surface area contributed by atoms with Gasteiger partial charge in [0.25, 0.3) is 11.8 Å². The molecule has 1 heterocycles. The van der Waals surface area contributed by atoms with E-state index in [-0.39, 0.29) is 12.2 Å². The molecule has 10 heteroatoms. The van der Waals surface area contributed by atoms with Gasteiger partial charge < -0.3 is 18.9 Å². The molecule has 4 aromatic carbocycles. The van der Waals surface area contributed by atoms with Crippen LogP contribution in [0.1, 0.15) is 23.6 Å². The Balaban J connectivity index is 1.36. The molecule has 9 nitrogen and oxygen atoms in total. The van der Waals surface area contributed by atoms with Crippen LogP contribution in [0.2, 0.25) is 0 Å². The fourth-order valence-corrected chi connectivity index (χ4v) is 4.85. The zero-order valence-corrected chi connectivity index (χ0v) is 25.6. The number of methoxy groups -OCH3 is 1. The number of amides is 4. The average Bonchev–Trinajstić information content (AvgIpc) is 3.03. The van der Waals surface area contributed by atoms with Gasteiger partial charge >= 0.3 is 6.03 Å². The van der Waals surface area contributed by atoms with Crippen molar-refractivity contribution in [2.45, 2.75) is 20.1 Å². The van der Waals surface area contributed by atoms with E-state index >= 15 is 0 Å². The number of anilines is 1. The molecule has 0 spiro atoms. The highest BCUT2D eigenvalue weighted by atomic mass is 79.9. The third kappa shape index (κ3) is 7.09. The first-order valence-corrected chi connectivity index (χ1v) is 14.6. The summed E-state index contributed by atoms with van der Waals surface area (Å²) in [7, 11) is 1.51. The first-order valence-electron chi connectivity index (χ1n) is 13.8. The van der Waals surface area contributed by atoms with Gasteiger partial charge in [0.05, 0.1) is 19.4 Å². The number of carbonyl (C=O) groups is 3. The maximum absolute atomic E-state index is 13.4. The molecule has 0 radical (unpaired) electrons. The number of carbonyl (C=O) groups excluding carboxylic acids is 3. The predicted molar refractivity (Wildman–Crippen MR) is 169 cm³/mol. The Morgan fingerprint density at radius 1 is 0.773 bits per heavy atom. The molecule has 1 saturated heterocycles. The normalized spacial score (nSPS) is 13.9. The van der Waals surface area contributed by atoms with E-state index in [4.69, 9.17) is 18.9 Å². The van der Waals surface area contributed by atoms with Gasteiger partial charge in [0.15, 0.2) is 11.5 Å². The molecule has 0 atom stereocenters. The van der Waals surface area contributed by atoms with Crippen LogP contribution in [0.15, 0.2) is 101 Å². The molecule has 0 aliphatic carbocycles. The minimum Gasteiger partial charge on any atom is -0.497 e. The van der Waals surface area contributed by atoms with Gasteiger partial charge in [-0.1, -0.05) is 52.3 Å². The van der Waals surface area contributed by atoms with Gasteiger partial charge in [0.2, 0.25) is 0 Å². The number of benzene rings is 4. The zero-order valence-electron chi connectivity index (χ0n) is 24.0. The molecule has 1 aliphatic heterocycles. The SMILES string of the molecule is CCOc1cc(COc2ccc(Br)cc2/C=C2\C(=O)NC(=O)N(c3ccc(OC)cc3)C2=O)ccc1OCc1ccccc1. The Bertz CT molecular complexity index is 1700. The highest BCUT2D eigenvalue weighted by molar-refractivity contribution is 9.10. The number of imide groups is 2. The number of urea groups is 1. The van der Waals surface area contributed by atoms with Crippen LogP contribution >= 0.6 is 15.9 Å². The first-order chi connectivity index (χ1) is 21.4. The zero-order chi connectivity index (χ0) is 31.1. The van der Waals surface area contributed by atoms with Gasteiger partial charge in [-0.25, -0.2) is 9.69 Å². The van der Waals surface area contributed by atoms with Crippen molar-refractivity contribution in [3.05, 3.63) is 118 Å². The van der Waals surface area contributed by atoms with E-state index in [0.717, 1.165) is 16.0 Å². The average molecular weight is 658 g/mol. The number of nitrogens with one attached hydrogen (secondary N) is 1. The highest BCUT2D eigenvalue weighted by Crippen LogP contribution is 2.32. The smallest absolute Gasteiger partial charge is 0.335 e. The molecule has 1 N–H and O–H groups in total. The van der Waals surface area contributed by atoms with E-state index in [9.17, 15) is 14.4 Å². The van der Waals surface area contributed by atoms with Crippen molar-refractivity contribution >= 4 is 45.5 Å². The number of nitrogens with zero attached hydrogens (tertiary/aromatic N) is 1. The van der Waals surface area contributed by atoms with Crippen LogP contribution < -0.4 is 29.2 Å². The van der Waals surface area contributed by atoms with Crippen LogP contribution in [0.3, 0.4) is 0 Å². The second kappa shape index (κ2) is 13.9. The van der Waals surface area contributed by atoms with Crippen molar-refractivity contribution in [3.63, 3.8) is 0 Å². The summed E-state index contributed by atoms with van der Waals surface area (Å²) >= 11 is 3.45. The molecular weight excluding hydrogens is 628 g/mol. The molecule has 0 unspecified atom stereocenters. The Morgan fingerprint density at radius 3 is 2.20 bits per heavy atom. The van der Waals surface area contributed by atoms with Crippen LogP contribution in [-0.2, 0) is 22.8 Å². The fraction of sp³-hybridized carbons (Fsp3) is 0.147. The molecule has 0 saturated carbocycles. The number of hydrogen-bond donors (Lipinski definition) is 1. The molecule has 4 aromatic rings. The summed E-state index contributed by atoms with van der Waals surface area (Å²) < 4.78 is 23.9. The summed E-state index contributed by atoms with van der Waals surface area (Å²) in [5.41, 5.74) is 2.40. The number of ether oxygens (including phenoxy) is 4. The lowest BCUT2D eigenvalue weighted by Gasteiger charge is -2.26. The van der Waals surface area contributed by atoms with Crippen molar-refractivity contribution in [3.8, 4) is 23.0 Å². The lowest BCUT2D eigenvalue weighted by molar-refractivity contribution is -0.122. The number of rotatable bonds is 11. The standard InChI is InChI=1S/C34H29BrN2O7/c1-3-42-31-17-23(9-15-30(31)44-20-22-7-5-4-6-8-22)21-43-29-16-10-25(35)18-24(29)19-28-32(38)36-34(40)37(33(28)39)26-11-13-27(41-2)14-12-26/h4-19H,3,20-21H2,1-2H3,(H,36,38,40)/b28-19+. The summed E-state index contributed by atoms with van der Waals surface area (Å²) in [6.45, 7) is 2.94. The van der Waals surface area contributed by atoms with Gasteiger partial charge in [-0.2, -0.15) is 0 Å². The van der Waals surface area contributed by atoms with Crippen molar-refractivity contribution in [2.24, 2.45) is 0 Å². The minimum absolute atomic E-state index is 0.174. The predicted octanol–water partition coefficient (Wildman–Crippen LogP) is 6.68.